The van der Waals surface area contributed by atoms with Gasteiger partial charge in [-0.05, 0) is 26.0 Å². The Morgan fingerprint density at radius 2 is 1.88 bits per heavy atom. The van der Waals surface area contributed by atoms with Crippen molar-refractivity contribution in [3.8, 4) is 0 Å². The number of anilines is 1. The van der Waals surface area contributed by atoms with Crippen molar-refractivity contribution in [1.82, 2.24) is 4.31 Å². The minimum Gasteiger partial charge on any atom is -1.00 e. The third-order valence-electron chi connectivity index (χ3n) is 2.32. The molecule has 0 bridgehead atoms. The summed E-state index contributed by atoms with van der Waals surface area (Å²) in [6.07, 6.45) is 0. The Balaban J connectivity index is 0.00000144. The summed E-state index contributed by atoms with van der Waals surface area (Å²) < 4.78 is 26.8. The van der Waals surface area contributed by atoms with Crippen LogP contribution in [0.5, 0.6) is 0 Å². The monoisotopic (exact) mass is 280 g/mol. The molecule has 1 amide bonds. The molecular weight excluding hydrogens is 267 g/mol. The zero-order valence-electron chi connectivity index (χ0n) is 11.0. The van der Waals surface area contributed by atoms with Crippen molar-refractivity contribution in [1.29, 1.82) is 0 Å². The Morgan fingerprint density at radius 1 is 1.29 bits per heavy atom. The van der Waals surface area contributed by atoms with Crippen molar-refractivity contribution in [3.63, 3.8) is 0 Å². The maximum Gasteiger partial charge on any atom is 1.00 e. The van der Waals surface area contributed by atoms with Crippen molar-refractivity contribution in [2.24, 2.45) is 0 Å². The Hall–Kier alpha value is 0.0764. The van der Waals surface area contributed by atoms with E-state index in [0.717, 1.165) is 4.31 Å². The molecule has 7 heteroatoms. The molecule has 0 saturated heterocycles. The van der Waals surface area contributed by atoms with E-state index in [1.54, 1.807) is 38.1 Å². The number of carbonyl (C=O) groups excluding carboxylic acids is 1. The summed E-state index contributed by atoms with van der Waals surface area (Å²) in [6, 6.07) is 6.16. The smallest absolute Gasteiger partial charge is 1.00 e. The molecule has 0 saturated carbocycles. The quantitative estimate of drug-likeness (QED) is 0.625. The van der Waals surface area contributed by atoms with E-state index < -0.39 is 22.2 Å². The molecule has 0 aliphatic carbocycles. The predicted molar refractivity (Wildman–Crippen MR) is 61.4 cm³/mol. The molecule has 5 nitrogen and oxygen atoms in total. The standard InChI is InChI=1S/C10H12N2O3S.K.H/c1-7(2)12-10(13)8-5-3-4-6-9(8)11-16(12,14)15;;/h3-7,11H,1-2H3;;/q;+1;-1. The number of nitrogens with one attached hydrogen (secondary N) is 1. The number of carbonyl (C=O) groups is 1. The van der Waals surface area contributed by atoms with E-state index in [4.69, 9.17) is 0 Å². The third-order valence-corrected chi connectivity index (χ3v) is 3.91. The normalized spacial score (nSPS) is 17.1. The molecular formula is C10H13KN2O3S. The molecule has 0 spiro atoms. The average molecular weight is 280 g/mol. The Morgan fingerprint density at radius 3 is 2.47 bits per heavy atom. The van der Waals surface area contributed by atoms with Crippen LogP contribution in [0.4, 0.5) is 5.69 Å². The number of hydrogen-bond donors (Lipinski definition) is 1. The van der Waals surface area contributed by atoms with E-state index >= 15 is 0 Å². The third kappa shape index (κ3) is 2.74. The first kappa shape index (κ1) is 15.1. The van der Waals surface area contributed by atoms with Gasteiger partial charge in [0.05, 0.1) is 11.3 Å². The van der Waals surface area contributed by atoms with Crippen molar-refractivity contribution in [3.05, 3.63) is 29.8 Å². The molecule has 1 aromatic rings. The number of amides is 1. The first-order chi connectivity index (χ1) is 7.43. The summed E-state index contributed by atoms with van der Waals surface area (Å²) in [7, 11) is -3.75. The van der Waals surface area contributed by atoms with Gasteiger partial charge < -0.3 is 1.43 Å². The summed E-state index contributed by atoms with van der Waals surface area (Å²) in [4.78, 5) is 12.0. The van der Waals surface area contributed by atoms with Crippen molar-refractivity contribution in [2.75, 3.05) is 4.72 Å². The second kappa shape index (κ2) is 5.37. The zero-order chi connectivity index (χ0) is 11.9. The Bertz CT molecular complexity index is 548. The maximum atomic E-state index is 12.0. The molecule has 1 heterocycles. The van der Waals surface area contributed by atoms with Gasteiger partial charge in [0, 0.05) is 6.04 Å². The minimum atomic E-state index is -3.75. The van der Waals surface area contributed by atoms with Crippen LogP contribution < -0.4 is 56.1 Å². The number of para-hydroxylation sites is 1. The number of rotatable bonds is 1. The van der Waals surface area contributed by atoms with Crippen LogP contribution in [-0.2, 0) is 10.2 Å². The fourth-order valence-corrected chi connectivity index (χ4v) is 3.11. The fraction of sp³-hybridized carbons (Fsp3) is 0.300. The van der Waals surface area contributed by atoms with Gasteiger partial charge in [0.25, 0.3) is 5.91 Å². The van der Waals surface area contributed by atoms with Gasteiger partial charge in [-0.2, -0.15) is 8.42 Å². The molecule has 88 valence electrons. The molecule has 1 aliphatic heterocycles. The number of hydrogen-bond acceptors (Lipinski definition) is 3. The van der Waals surface area contributed by atoms with Gasteiger partial charge in [0.1, 0.15) is 0 Å². The molecule has 17 heavy (non-hydrogen) atoms. The summed E-state index contributed by atoms with van der Waals surface area (Å²) in [5.41, 5.74) is 0.718. The van der Waals surface area contributed by atoms with E-state index in [1.807, 2.05) is 0 Å². The molecule has 0 unspecified atom stereocenters. The second-order valence-corrected chi connectivity index (χ2v) is 5.40. The van der Waals surface area contributed by atoms with Crippen LogP contribution in [-0.4, -0.2) is 24.7 Å². The van der Waals surface area contributed by atoms with Crippen molar-refractivity contribution in [2.45, 2.75) is 19.9 Å². The van der Waals surface area contributed by atoms with Gasteiger partial charge in [0.2, 0.25) is 0 Å². The zero-order valence-corrected chi connectivity index (χ0v) is 13.9. The van der Waals surface area contributed by atoms with Gasteiger partial charge >= 0.3 is 61.6 Å². The van der Waals surface area contributed by atoms with Gasteiger partial charge in [-0.3, -0.25) is 9.52 Å². The summed E-state index contributed by atoms with van der Waals surface area (Å²) >= 11 is 0. The second-order valence-electron chi connectivity index (χ2n) is 3.85. The molecule has 0 radical (unpaired) electrons. The molecule has 0 fully saturated rings. The number of fused-ring (bicyclic) bond motifs is 1. The van der Waals surface area contributed by atoms with Crippen LogP contribution in [0.25, 0.3) is 0 Å². The number of nitrogens with zero attached hydrogens (tertiary/aromatic N) is 1. The first-order valence-corrected chi connectivity index (χ1v) is 6.33. The average Bonchev–Trinajstić information content (AvgIpc) is 2.15. The SMILES string of the molecule is CC(C)N1C(=O)c2ccccc2NS1(=O)=O.[H-].[K+]. The van der Waals surface area contributed by atoms with Crippen molar-refractivity contribution < 1.29 is 66.0 Å². The van der Waals surface area contributed by atoms with Gasteiger partial charge in [-0.15, -0.1) is 0 Å². The topological polar surface area (TPSA) is 66.5 Å². The molecule has 1 aliphatic rings. The molecule has 1 aromatic carbocycles. The molecule has 0 aromatic heterocycles. The maximum absolute atomic E-state index is 12.0. The van der Waals surface area contributed by atoms with E-state index in [0.29, 0.717) is 11.3 Å². The Kier molecular flexibility index (Phi) is 4.78. The summed E-state index contributed by atoms with van der Waals surface area (Å²) in [6.45, 7) is 3.32. The largest absolute Gasteiger partial charge is 1.00 e. The summed E-state index contributed by atoms with van der Waals surface area (Å²) in [5, 5.41) is 0. The van der Waals surface area contributed by atoms with Crippen LogP contribution in [0, 0.1) is 0 Å². The minimum absolute atomic E-state index is 0. The van der Waals surface area contributed by atoms with E-state index in [9.17, 15) is 13.2 Å². The van der Waals surface area contributed by atoms with Crippen LogP contribution in [0.1, 0.15) is 25.6 Å². The van der Waals surface area contributed by atoms with E-state index in [2.05, 4.69) is 4.72 Å². The molecule has 0 atom stereocenters. The molecule has 1 N–H and O–H groups in total. The first-order valence-electron chi connectivity index (χ1n) is 4.89. The van der Waals surface area contributed by atoms with E-state index in [1.165, 1.54) is 0 Å². The fourth-order valence-electron chi connectivity index (χ4n) is 1.69. The van der Waals surface area contributed by atoms with Crippen LogP contribution >= 0.6 is 0 Å². The van der Waals surface area contributed by atoms with Crippen LogP contribution in [0.2, 0.25) is 0 Å². The summed E-state index contributed by atoms with van der Waals surface area (Å²) in [5.74, 6) is -0.482. The van der Waals surface area contributed by atoms with E-state index in [-0.39, 0.29) is 52.8 Å². The predicted octanol–water partition coefficient (Wildman–Crippen LogP) is -1.68. The van der Waals surface area contributed by atoms with Crippen molar-refractivity contribution >= 4 is 21.8 Å². The molecule has 2 rings (SSSR count). The number of benzene rings is 1. The van der Waals surface area contributed by atoms with Gasteiger partial charge in [-0.1, -0.05) is 12.1 Å². The van der Waals surface area contributed by atoms with Crippen LogP contribution in [0.3, 0.4) is 0 Å². The Labute approximate surface area is 145 Å². The van der Waals surface area contributed by atoms with Crippen LogP contribution in [0.15, 0.2) is 24.3 Å². The van der Waals surface area contributed by atoms with Gasteiger partial charge in [0.15, 0.2) is 0 Å². The van der Waals surface area contributed by atoms with Gasteiger partial charge in [-0.25, -0.2) is 4.31 Å².